The van der Waals surface area contributed by atoms with E-state index in [1.54, 1.807) is 19.2 Å². The van der Waals surface area contributed by atoms with Gasteiger partial charge in [0.05, 0.1) is 10.8 Å². The number of benzene rings is 3. The van der Waals surface area contributed by atoms with Crippen molar-refractivity contribution < 1.29 is 13.2 Å². The largest absolute Gasteiger partial charge is 0.326 e. The lowest BCUT2D eigenvalue weighted by Crippen LogP contribution is -2.26. The molecule has 1 amide bonds. The van der Waals surface area contributed by atoms with Crippen molar-refractivity contribution in [3.63, 3.8) is 0 Å². The second-order valence-electron chi connectivity index (χ2n) is 7.13. The van der Waals surface area contributed by atoms with Gasteiger partial charge in [-0.05, 0) is 41.8 Å². The van der Waals surface area contributed by atoms with Crippen molar-refractivity contribution in [2.45, 2.75) is 30.7 Å². The minimum absolute atomic E-state index is 0.111. The van der Waals surface area contributed by atoms with Gasteiger partial charge in [-0.15, -0.1) is 0 Å². The molecule has 0 aliphatic rings. The summed E-state index contributed by atoms with van der Waals surface area (Å²) >= 11 is 0. The number of amides is 1. The summed E-state index contributed by atoms with van der Waals surface area (Å²) < 4.78 is 27.0. The van der Waals surface area contributed by atoms with Gasteiger partial charge in [0, 0.05) is 19.3 Å². The van der Waals surface area contributed by atoms with Crippen LogP contribution in [0.1, 0.15) is 30.4 Å². The molecule has 0 aromatic heterocycles. The first-order valence-corrected chi connectivity index (χ1v) is 11.3. The van der Waals surface area contributed by atoms with Gasteiger partial charge in [-0.25, -0.2) is 8.42 Å². The van der Waals surface area contributed by atoms with Crippen LogP contribution in [0.5, 0.6) is 0 Å². The van der Waals surface area contributed by atoms with Crippen molar-refractivity contribution in [1.82, 2.24) is 4.31 Å². The van der Waals surface area contributed by atoms with Crippen LogP contribution in [-0.2, 0) is 21.4 Å². The van der Waals surface area contributed by atoms with Crippen molar-refractivity contribution >= 4 is 21.6 Å². The normalized spacial score (nSPS) is 12.5. The molecule has 30 heavy (non-hydrogen) atoms. The number of nitrogens with zero attached hydrogens (tertiary/aromatic N) is 1. The molecule has 156 valence electrons. The van der Waals surface area contributed by atoms with Crippen LogP contribution >= 0.6 is 0 Å². The summed E-state index contributed by atoms with van der Waals surface area (Å²) in [6.07, 6.45) is 0.673. The Hall–Kier alpha value is -2.96. The number of rotatable bonds is 8. The standard InChI is InChI=1S/C24H26N2O3S/c1-3-23(20-12-8-5-9-13-20)24(27)25-21-14-16-22(17-15-21)30(28,29)26(2)18-19-10-6-4-7-11-19/h4-17,23H,3,18H2,1-2H3,(H,25,27)/t23-/m0/s1. The Kier molecular flexibility index (Phi) is 7.03. The fourth-order valence-electron chi connectivity index (χ4n) is 3.30. The van der Waals surface area contributed by atoms with E-state index >= 15 is 0 Å². The summed E-state index contributed by atoms with van der Waals surface area (Å²) in [7, 11) is -2.07. The molecule has 3 aromatic carbocycles. The third-order valence-electron chi connectivity index (χ3n) is 5.00. The maximum absolute atomic E-state index is 12.8. The molecule has 6 heteroatoms. The number of carbonyl (C=O) groups excluding carboxylic acids is 1. The first-order chi connectivity index (χ1) is 14.4. The van der Waals surface area contributed by atoms with E-state index in [2.05, 4.69) is 5.32 Å². The molecule has 0 unspecified atom stereocenters. The van der Waals surface area contributed by atoms with E-state index in [0.29, 0.717) is 12.1 Å². The van der Waals surface area contributed by atoms with E-state index in [1.807, 2.05) is 67.6 Å². The second kappa shape index (κ2) is 9.69. The molecule has 0 saturated heterocycles. The molecule has 5 nitrogen and oxygen atoms in total. The zero-order chi connectivity index (χ0) is 21.6. The number of sulfonamides is 1. The minimum Gasteiger partial charge on any atom is -0.326 e. The summed E-state index contributed by atoms with van der Waals surface area (Å²) in [6.45, 7) is 2.26. The molecular weight excluding hydrogens is 396 g/mol. The summed E-state index contributed by atoms with van der Waals surface area (Å²) in [5.74, 6) is -0.368. The summed E-state index contributed by atoms with van der Waals surface area (Å²) in [4.78, 5) is 12.9. The SMILES string of the molecule is CC[C@H](C(=O)Nc1ccc(S(=O)(=O)N(C)Cc2ccccc2)cc1)c1ccccc1. The molecule has 3 aromatic rings. The molecule has 0 heterocycles. The average Bonchev–Trinajstić information content (AvgIpc) is 2.76. The number of hydrogen-bond donors (Lipinski definition) is 1. The Balaban J connectivity index is 1.70. The van der Waals surface area contributed by atoms with Crippen LogP contribution in [0.25, 0.3) is 0 Å². The second-order valence-corrected chi connectivity index (χ2v) is 9.18. The Morgan fingerprint density at radius 2 is 1.47 bits per heavy atom. The van der Waals surface area contributed by atoms with E-state index in [9.17, 15) is 13.2 Å². The van der Waals surface area contributed by atoms with Crippen LogP contribution in [0.2, 0.25) is 0 Å². The van der Waals surface area contributed by atoms with Gasteiger partial charge >= 0.3 is 0 Å². The fraction of sp³-hybridized carbons (Fsp3) is 0.208. The van der Waals surface area contributed by atoms with Crippen molar-refractivity contribution in [1.29, 1.82) is 0 Å². The van der Waals surface area contributed by atoms with Gasteiger partial charge in [-0.1, -0.05) is 67.6 Å². The van der Waals surface area contributed by atoms with E-state index in [-0.39, 0.29) is 23.3 Å². The molecule has 0 saturated carbocycles. The Morgan fingerprint density at radius 3 is 2.03 bits per heavy atom. The van der Waals surface area contributed by atoms with Gasteiger partial charge in [-0.2, -0.15) is 4.31 Å². The smallest absolute Gasteiger partial charge is 0.243 e. The van der Waals surface area contributed by atoms with Crippen LogP contribution in [0.3, 0.4) is 0 Å². The predicted molar refractivity (Wildman–Crippen MR) is 120 cm³/mol. The van der Waals surface area contributed by atoms with Crippen LogP contribution in [0.15, 0.2) is 89.8 Å². The van der Waals surface area contributed by atoms with Crippen molar-refractivity contribution in [3.05, 3.63) is 96.1 Å². The van der Waals surface area contributed by atoms with Crippen LogP contribution in [-0.4, -0.2) is 25.7 Å². The maximum Gasteiger partial charge on any atom is 0.243 e. The molecule has 1 atom stereocenters. The number of nitrogens with one attached hydrogen (secondary N) is 1. The van der Waals surface area contributed by atoms with E-state index in [1.165, 1.54) is 16.4 Å². The van der Waals surface area contributed by atoms with Crippen LogP contribution in [0, 0.1) is 0 Å². The van der Waals surface area contributed by atoms with Gasteiger partial charge in [0.25, 0.3) is 0 Å². The lowest BCUT2D eigenvalue weighted by molar-refractivity contribution is -0.117. The van der Waals surface area contributed by atoms with Gasteiger partial charge in [0.15, 0.2) is 0 Å². The van der Waals surface area contributed by atoms with Crippen molar-refractivity contribution in [2.24, 2.45) is 0 Å². The minimum atomic E-state index is -3.63. The van der Waals surface area contributed by atoms with E-state index < -0.39 is 10.0 Å². The van der Waals surface area contributed by atoms with Gasteiger partial charge in [-0.3, -0.25) is 4.79 Å². The lowest BCUT2D eigenvalue weighted by Gasteiger charge is -2.18. The highest BCUT2D eigenvalue weighted by molar-refractivity contribution is 7.89. The quantitative estimate of drug-likeness (QED) is 0.575. The Morgan fingerprint density at radius 1 is 0.900 bits per heavy atom. The van der Waals surface area contributed by atoms with E-state index in [4.69, 9.17) is 0 Å². The molecule has 0 aliphatic carbocycles. The maximum atomic E-state index is 12.8. The third-order valence-corrected chi connectivity index (χ3v) is 6.82. The van der Waals surface area contributed by atoms with E-state index in [0.717, 1.165) is 11.1 Å². The van der Waals surface area contributed by atoms with Crippen molar-refractivity contribution in [3.8, 4) is 0 Å². The summed E-state index contributed by atoms with van der Waals surface area (Å²) in [6, 6.07) is 25.4. The summed E-state index contributed by atoms with van der Waals surface area (Å²) in [5, 5.41) is 2.89. The molecule has 3 rings (SSSR count). The fourth-order valence-corrected chi connectivity index (χ4v) is 4.46. The first kappa shape index (κ1) is 21.7. The molecular formula is C24H26N2O3S. The number of anilines is 1. The van der Waals surface area contributed by atoms with Crippen LogP contribution < -0.4 is 5.32 Å². The number of carbonyl (C=O) groups is 1. The molecule has 0 spiro atoms. The van der Waals surface area contributed by atoms with Gasteiger partial charge in [0.1, 0.15) is 0 Å². The van der Waals surface area contributed by atoms with Crippen LogP contribution in [0.4, 0.5) is 5.69 Å². The molecule has 0 fully saturated rings. The van der Waals surface area contributed by atoms with Gasteiger partial charge < -0.3 is 5.32 Å². The highest BCUT2D eigenvalue weighted by Crippen LogP contribution is 2.23. The molecule has 0 bridgehead atoms. The molecule has 1 N–H and O–H groups in total. The predicted octanol–water partition coefficient (Wildman–Crippen LogP) is 4.64. The zero-order valence-corrected chi connectivity index (χ0v) is 18.0. The highest BCUT2D eigenvalue weighted by Gasteiger charge is 2.22. The lowest BCUT2D eigenvalue weighted by atomic mass is 9.95. The van der Waals surface area contributed by atoms with Crippen molar-refractivity contribution in [2.75, 3.05) is 12.4 Å². The average molecular weight is 423 g/mol. The topological polar surface area (TPSA) is 66.5 Å². The number of hydrogen-bond acceptors (Lipinski definition) is 3. The Bertz CT molecular complexity index is 1070. The monoisotopic (exact) mass is 422 g/mol. The first-order valence-electron chi connectivity index (χ1n) is 9.88. The Labute approximate surface area is 178 Å². The molecule has 0 aliphatic heterocycles. The van der Waals surface area contributed by atoms with Gasteiger partial charge in [0.2, 0.25) is 15.9 Å². The summed E-state index contributed by atoms with van der Waals surface area (Å²) in [5.41, 5.74) is 2.44. The third kappa shape index (κ3) is 5.14. The zero-order valence-electron chi connectivity index (χ0n) is 17.2. The molecule has 0 radical (unpaired) electrons. The highest BCUT2D eigenvalue weighted by atomic mass is 32.2.